The number of ether oxygens (including phenoxy) is 1. The Labute approximate surface area is 84.3 Å². The van der Waals surface area contributed by atoms with Gasteiger partial charge in [0, 0.05) is 19.8 Å². The molecule has 0 radical (unpaired) electrons. The third-order valence-electron chi connectivity index (χ3n) is 1.75. The van der Waals surface area contributed by atoms with Crippen molar-refractivity contribution in [3.8, 4) is 0 Å². The monoisotopic (exact) mass is 202 g/mol. The van der Waals surface area contributed by atoms with Gasteiger partial charge in [0.15, 0.2) is 0 Å². The summed E-state index contributed by atoms with van der Waals surface area (Å²) >= 11 is 0. The van der Waals surface area contributed by atoms with E-state index in [-0.39, 0.29) is 18.8 Å². The van der Waals surface area contributed by atoms with Crippen LogP contribution in [0.3, 0.4) is 0 Å². The van der Waals surface area contributed by atoms with Crippen LogP contribution in [-0.2, 0) is 14.3 Å². The second kappa shape index (κ2) is 7.50. The summed E-state index contributed by atoms with van der Waals surface area (Å²) in [5.74, 6) is -0.420. The number of hydrogen-bond donors (Lipinski definition) is 1. The average molecular weight is 202 g/mol. The van der Waals surface area contributed by atoms with E-state index in [9.17, 15) is 14.7 Å². The lowest BCUT2D eigenvalue weighted by atomic mass is 10.1. The highest BCUT2D eigenvalue weighted by Gasteiger charge is 2.11. The van der Waals surface area contributed by atoms with E-state index in [1.807, 2.05) is 6.92 Å². The van der Waals surface area contributed by atoms with Gasteiger partial charge in [-0.1, -0.05) is 13.3 Å². The molecule has 4 heteroatoms. The molecule has 0 fully saturated rings. The summed E-state index contributed by atoms with van der Waals surface area (Å²) in [7, 11) is 0. The van der Waals surface area contributed by atoms with Crippen LogP contribution in [0.4, 0.5) is 0 Å². The summed E-state index contributed by atoms with van der Waals surface area (Å²) < 4.78 is 4.57. The minimum absolute atomic E-state index is 0.0199. The molecule has 0 aromatic rings. The Bertz CT molecular complexity index is 189. The Morgan fingerprint density at radius 2 is 2.07 bits per heavy atom. The topological polar surface area (TPSA) is 63.6 Å². The standard InChI is InChI=1S/C10H18O4/c1-3-4-5-9(12)6-10(13)7-14-8(2)11/h10,13H,3-7H2,1-2H3. The number of carbonyl (C=O) groups is 2. The van der Waals surface area contributed by atoms with Crippen LogP contribution in [0.2, 0.25) is 0 Å². The zero-order valence-corrected chi connectivity index (χ0v) is 8.78. The molecular formula is C10H18O4. The number of carbonyl (C=O) groups excluding carboxylic acids is 2. The molecule has 0 aromatic heterocycles. The van der Waals surface area contributed by atoms with Crippen molar-refractivity contribution in [2.75, 3.05) is 6.61 Å². The molecule has 82 valence electrons. The molecule has 0 aliphatic carbocycles. The molecular weight excluding hydrogens is 184 g/mol. The summed E-state index contributed by atoms with van der Waals surface area (Å²) in [4.78, 5) is 21.5. The van der Waals surface area contributed by atoms with Crippen molar-refractivity contribution in [3.05, 3.63) is 0 Å². The van der Waals surface area contributed by atoms with Crippen molar-refractivity contribution < 1.29 is 19.4 Å². The zero-order valence-electron chi connectivity index (χ0n) is 8.78. The van der Waals surface area contributed by atoms with Gasteiger partial charge in [0.25, 0.3) is 0 Å². The van der Waals surface area contributed by atoms with Crippen LogP contribution in [0.15, 0.2) is 0 Å². The molecule has 0 saturated carbocycles. The first-order valence-corrected chi connectivity index (χ1v) is 4.89. The third kappa shape index (κ3) is 7.73. The molecule has 1 unspecified atom stereocenters. The van der Waals surface area contributed by atoms with Crippen LogP contribution in [0.5, 0.6) is 0 Å². The van der Waals surface area contributed by atoms with Gasteiger partial charge in [-0.25, -0.2) is 0 Å². The lowest BCUT2D eigenvalue weighted by Gasteiger charge is -2.09. The van der Waals surface area contributed by atoms with Crippen molar-refractivity contribution in [3.63, 3.8) is 0 Å². The molecule has 1 atom stereocenters. The fraction of sp³-hybridized carbons (Fsp3) is 0.800. The predicted octanol–water partition coefficient (Wildman–Crippen LogP) is 1.06. The predicted molar refractivity (Wildman–Crippen MR) is 51.8 cm³/mol. The molecule has 0 rings (SSSR count). The van der Waals surface area contributed by atoms with Gasteiger partial charge in [-0.15, -0.1) is 0 Å². The zero-order chi connectivity index (χ0) is 11.0. The number of hydrogen-bond acceptors (Lipinski definition) is 4. The Balaban J connectivity index is 3.55. The first-order valence-electron chi connectivity index (χ1n) is 4.89. The maximum absolute atomic E-state index is 11.2. The van der Waals surface area contributed by atoms with Gasteiger partial charge in [0.05, 0.1) is 6.10 Å². The van der Waals surface area contributed by atoms with E-state index >= 15 is 0 Å². The van der Waals surface area contributed by atoms with Gasteiger partial charge in [0.2, 0.25) is 0 Å². The maximum Gasteiger partial charge on any atom is 0.302 e. The molecule has 0 spiro atoms. The Morgan fingerprint density at radius 1 is 1.43 bits per heavy atom. The largest absolute Gasteiger partial charge is 0.463 e. The average Bonchev–Trinajstić information content (AvgIpc) is 2.11. The number of aliphatic hydroxyl groups excluding tert-OH is 1. The molecule has 0 aromatic carbocycles. The van der Waals surface area contributed by atoms with Crippen molar-refractivity contribution >= 4 is 11.8 Å². The Morgan fingerprint density at radius 3 is 2.57 bits per heavy atom. The quantitative estimate of drug-likeness (QED) is 0.627. The molecule has 0 amide bonds. The first kappa shape index (κ1) is 13.1. The van der Waals surface area contributed by atoms with Crippen LogP contribution in [0.1, 0.15) is 39.5 Å². The molecule has 0 bridgehead atoms. The van der Waals surface area contributed by atoms with Gasteiger partial charge >= 0.3 is 5.97 Å². The van der Waals surface area contributed by atoms with Gasteiger partial charge in [0.1, 0.15) is 12.4 Å². The minimum Gasteiger partial charge on any atom is -0.463 e. The van der Waals surface area contributed by atoms with Crippen LogP contribution >= 0.6 is 0 Å². The lowest BCUT2D eigenvalue weighted by molar-refractivity contribution is -0.145. The SMILES string of the molecule is CCCCC(=O)CC(O)COC(C)=O. The summed E-state index contributed by atoms with van der Waals surface area (Å²) in [5.41, 5.74) is 0. The summed E-state index contributed by atoms with van der Waals surface area (Å²) in [6.07, 6.45) is 1.52. The first-order chi connectivity index (χ1) is 6.56. The number of esters is 1. The van der Waals surface area contributed by atoms with Gasteiger partial charge in [-0.3, -0.25) is 9.59 Å². The summed E-state index contributed by atoms with van der Waals surface area (Å²) in [6, 6.07) is 0. The fourth-order valence-electron chi connectivity index (χ4n) is 1.01. The van der Waals surface area contributed by atoms with Crippen molar-refractivity contribution in [1.29, 1.82) is 0 Å². The molecule has 0 aliphatic heterocycles. The second-order valence-corrected chi connectivity index (χ2v) is 3.30. The van der Waals surface area contributed by atoms with E-state index in [4.69, 9.17) is 0 Å². The molecule has 0 heterocycles. The summed E-state index contributed by atoms with van der Waals surface area (Å²) in [6.45, 7) is 3.18. The smallest absolute Gasteiger partial charge is 0.302 e. The van der Waals surface area contributed by atoms with Crippen molar-refractivity contribution in [2.45, 2.75) is 45.6 Å². The summed E-state index contributed by atoms with van der Waals surface area (Å²) in [5, 5.41) is 9.27. The lowest BCUT2D eigenvalue weighted by Crippen LogP contribution is -2.20. The van der Waals surface area contributed by atoms with E-state index in [0.29, 0.717) is 6.42 Å². The van der Waals surface area contributed by atoms with E-state index in [1.54, 1.807) is 0 Å². The second-order valence-electron chi connectivity index (χ2n) is 3.30. The van der Waals surface area contributed by atoms with E-state index in [2.05, 4.69) is 4.74 Å². The van der Waals surface area contributed by atoms with Crippen LogP contribution in [-0.4, -0.2) is 29.6 Å². The number of Topliss-reactive ketones (excluding diaryl/α,β-unsaturated/α-hetero) is 1. The highest BCUT2D eigenvalue weighted by Crippen LogP contribution is 2.02. The van der Waals surface area contributed by atoms with Gasteiger partial charge in [-0.2, -0.15) is 0 Å². The normalized spacial score (nSPS) is 12.2. The molecule has 0 aliphatic rings. The minimum atomic E-state index is -0.858. The van der Waals surface area contributed by atoms with Crippen LogP contribution in [0.25, 0.3) is 0 Å². The fourth-order valence-corrected chi connectivity index (χ4v) is 1.01. The Hall–Kier alpha value is -0.900. The molecule has 0 saturated heterocycles. The van der Waals surface area contributed by atoms with Gasteiger partial charge < -0.3 is 9.84 Å². The van der Waals surface area contributed by atoms with Gasteiger partial charge in [-0.05, 0) is 6.42 Å². The molecule has 1 N–H and O–H groups in total. The third-order valence-corrected chi connectivity index (χ3v) is 1.75. The molecule has 14 heavy (non-hydrogen) atoms. The van der Waals surface area contributed by atoms with E-state index in [1.165, 1.54) is 6.92 Å². The van der Waals surface area contributed by atoms with E-state index in [0.717, 1.165) is 12.8 Å². The van der Waals surface area contributed by atoms with Crippen molar-refractivity contribution in [2.24, 2.45) is 0 Å². The van der Waals surface area contributed by atoms with Crippen LogP contribution in [0, 0.1) is 0 Å². The highest BCUT2D eigenvalue weighted by molar-refractivity contribution is 5.78. The Kier molecular flexibility index (Phi) is 7.02. The van der Waals surface area contributed by atoms with Crippen molar-refractivity contribution in [1.82, 2.24) is 0 Å². The number of unbranched alkanes of at least 4 members (excludes halogenated alkanes) is 1. The number of ketones is 1. The van der Waals surface area contributed by atoms with E-state index < -0.39 is 12.1 Å². The van der Waals surface area contributed by atoms with Crippen LogP contribution < -0.4 is 0 Å². The maximum atomic E-state index is 11.2. The number of aliphatic hydroxyl groups is 1. The number of rotatable bonds is 7. The highest BCUT2D eigenvalue weighted by atomic mass is 16.5. The molecule has 4 nitrogen and oxygen atoms in total.